The summed E-state index contributed by atoms with van der Waals surface area (Å²) in [4.78, 5) is 2.61. The molecule has 18 heavy (non-hydrogen) atoms. The molecule has 0 aromatic heterocycles. The van der Waals surface area contributed by atoms with E-state index < -0.39 is 0 Å². The van der Waals surface area contributed by atoms with Gasteiger partial charge in [-0.2, -0.15) is 0 Å². The van der Waals surface area contributed by atoms with Crippen LogP contribution in [0.15, 0.2) is 24.3 Å². The van der Waals surface area contributed by atoms with Crippen molar-refractivity contribution in [1.29, 1.82) is 0 Å². The predicted octanol–water partition coefficient (Wildman–Crippen LogP) is 4.37. The van der Waals surface area contributed by atoms with E-state index in [1.54, 1.807) is 0 Å². The fourth-order valence-electron chi connectivity index (χ4n) is 3.04. The van der Waals surface area contributed by atoms with Crippen molar-refractivity contribution in [2.24, 2.45) is 17.8 Å². The van der Waals surface area contributed by atoms with Crippen LogP contribution in [0, 0.1) is 17.8 Å². The van der Waals surface area contributed by atoms with Crippen LogP contribution >= 0.6 is 0 Å². The van der Waals surface area contributed by atoms with Crippen LogP contribution in [0.4, 0.5) is 5.69 Å². The van der Waals surface area contributed by atoms with Crippen LogP contribution in [-0.4, -0.2) is 12.6 Å². The predicted molar refractivity (Wildman–Crippen MR) is 80.1 cm³/mol. The molecular weight excluding hydrogens is 218 g/mol. The molecule has 1 aliphatic heterocycles. The van der Waals surface area contributed by atoms with Gasteiger partial charge in [-0.3, -0.25) is 0 Å². The van der Waals surface area contributed by atoms with Gasteiger partial charge in [0.2, 0.25) is 0 Å². The summed E-state index contributed by atoms with van der Waals surface area (Å²) in [7, 11) is 0. The monoisotopic (exact) mass is 245 g/mol. The fraction of sp³-hybridized carbons (Fsp3) is 0.647. The van der Waals surface area contributed by atoms with Crippen molar-refractivity contribution in [3.8, 4) is 0 Å². The molecule has 2 unspecified atom stereocenters. The molecule has 100 valence electrons. The first-order valence-electron chi connectivity index (χ1n) is 7.35. The highest BCUT2D eigenvalue weighted by atomic mass is 15.2. The van der Waals surface area contributed by atoms with Crippen LogP contribution in [0.3, 0.4) is 0 Å². The van der Waals surface area contributed by atoms with E-state index in [1.807, 2.05) is 0 Å². The molecule has 1 aromatic carbocycles. The van der Waals surface area contributed by atoms with Gasteiger partial charge in [-0.15, -0.1) is 0 Å². The van der Waals surface area contributed by atoms with Crippen molar-refractivity contribution in [3.63, 3.8) is 0 Å². The van der Waals surface area contributed by atoms with Crippen molar-refractivity contribution in [3.05, 3.63) is 29.8 Å². The van der Waals surface area contributed by atoms with E-state index in [0.717, 1.165) is 17.8 Å². The lowest BCUT2D eigenvalue weighted by atomic mass is 9.86. The molecule has 1 heteroatoms. The third-order valence-electron chi connectivity index (χ3n) is 4.78. The lowest BCUT2D eigenvalue weighted by Crippen LogP contribution is -2.36. The molecule has 0 bridgehead atoms. The van der Waals surface area contributed by atoms with Crippen molar-refractivity contribution >= 4 is 5.69 Å². The van der Waals surface area contributed by atoms with Gasteiger partial charge in [-0.05, 0) is 42.7 Å². The second-order valence-electron chi connectivity index (χ2n) is 6.41. The van der Waals surface area contributed by atoms with E-state index in [-0.39, 0.29) is 0 Å². The molecule has 2 rings (SSSR count). The topological polar surface area (TPSA) is 3.24 Å². The third-order valence-corrected chi connectivity index (χ3v) is 4.78. The maximum atomic E-state index is 2.61. The van der Waals surface area contributed by atoms with E-state index >= 15 is 0 Å². The van der Waals surface area contributed by atoms with E-state index in [9.17, 15) is 0 Å². The quantitative estimate of drug-likeness (QED) is 0.761. The SMILES string of the molecule is CC(C)C(C)[C@@H](C)CN1c2ccccc2CC1C. The van der Waals surface area contributed by atoms with Gasteiger partial charge in [0.15, 0.2) is 0 Å². The highest BCUT2D eigenvalue weighted by molar-refractivity contribution is 5.59. The maximum Gasteiger partial charge on any atom is 0.0402 e. The Morgan fingerprint density at radius 1 is 1.17 bits per heavy atom. The van der Waals surface area contributed by atoms with E-state index in [2.05, 4.69) is 63.8 Å². The van der Waals surface area contributed by atoms with Crippen LogP contribution in [0.25, 0.3) is 0 Å². The van der Waals surface area contributed by atoms with Crippen LogP contribution < -0.4 is 4.90 Å². The number of nitrogens with zero attached hydrogens (tertiary/aromatic N) is 1. The zero-order valence-electron chi connectivity index (χ0n) is 12.5. The Morgan fingerprint density at radius 3 is 2.50 bits per heavy atom. The number of anilines is 1. The summed E-state index contributed by atoms with van der Waals surface area (Å²) < 4.78 is 0. The Hall–Kier alpha value is -0.980. The standard InChI is InChI=1S/C17H27N/c1-12(2)15(5)13(3)11-18-14(4)10-16-8-6-7-9-17(16)18/h6-9,12-15H,10-11H2,1-5H3/t13-,14?,15?/m0/s1. The zero-order valence-corrected chi connectivity index (χ0v) is 12.5. The molecule has 0 saturated carbocycles. The summed E-state index contributed by atoms with van der Waals surface area (Å²) in [6.45, 7) is 13.0. The molecule has 0 saturated heterocycles. The molecule has 0 aliphatic carbocycles. The minimum atomic E-state index is 0.657. The Balaban J connectivity index is 2.10. The minimum Gasteiger partial charge on any atom is -0.368 e. The number of hydrogen-bond acceptors (Lipinski definition) is 1. The Kier molecular flexibility index (Phi) is 3.99. The molecule has 1 heterocycles. The van der Waals surface area contributed by atoms with Crippen molar-refractivity contribution in [2.75, 3.05) is 11.4 Å². The normalized spacial score (nSPS) is 22.1. The summed E-state index contributed by atoms with van der Waals surface area (Å²) in [6.07, 6.45) is 1.21. The van der Waals surface area contributed by atoms with Gasteiger partial charge >= 0.3 is 0 Å². The van der Waals surface area contributed by atoms with E-state index in [4.69, 9.17) is 0 Å². The molecule has 3 atom stereocenters. The van der Waals surface area contributed by atoms with Crippen molar-refractivity contribution < 1.29 is 0 Å². The summed E-state index contributed by atoms with van der Waals surface area (Å²) >= 11 is 0. The number of benzene rings is 1. The second-order valence-corrected chi connectivity index (χ2v) is 6.41. The average molecular weight is 245 g/mol. The average Bonchev–Trinajstić information content (AvgIpc) is 2.65. The number of fused-ring (bicyclic) bond motifs is 1. The van der Waals surface area contributed by atoms with Gasteiger partial charge in [0, 0.05) is 18.3 Å². The van der Waals surface area contributed by atoms with Crippen LogP contribution in [-0.2, 0) is 6.42 Å². The van der Waals surface area contributed by atoms with Gasteiger partial charge in [0.05, 0.1) is 0 Å². The first kappa shape index (κ1) is 13.5. The molecule has 1 aliphatic rings. The molecule has 1 aromatic rings. The highest BCUT2D eigenvalue weighted by Crippen LogP contribution is 2.33. The summed E-state index contributed by atoms with van der Waals surface area (Å²) in [6, 6.07) is 9.55. The first-order valence-corrected chi connectivity index (χ1v) is 7.35. The first-order chi connectivity index (χ1) is 8.50. The van der Waals surface area contributed by atoms with Crippen molar-refractivity contribution in [1.82, 2.24) is 0 Å². The zero-order chi connectivity index (χ0) is 13.3. The van der Waals surface area contributed by atoms with Crippen LogP contribution in [0.5, 0.6) is 0 Å². The summed E-state index contributed by atoms with van der Waals surface area (Å²) in [5.74, 6) is 2.30. The van der Waals surface area contributed by atoms with Crippen molar-refractivity contribution in [2.45, 2.75) is 47.1 Å². The van der Waals surface area contributed by atoms with E-state index in [0.29, 0.717) is 6.04 Å². The number of rotatable bonds is 4. The molecular formula is C17H27N. The van der Waals surface area contributed by atoms with E-state index in [1.165, 1.54) is 24.2 Å². The Morgan fingerprint density at radius 2 is 1.83 bits per heavy atom. The van der Waals surface area contributed by atoms with Gasteiger partial charge in [0.1, 0.15) is 0 Å². The second kappa shape index (κ2) is 5.34. The Bertz CT molecular complexity index is 396. The molecule has 0 radical (unpaired) electrons. The highest BCUT2D eigenvalue weighted by Gasteiger charge is 2.28. The van der Waals surface area contributed by atoms with Gasteiger partial charge in [-0.25, -0.2) is 0 Å². The molecule has 0 spiro atoms. The van der Waals surface area contributed by atoms with Crippen LogP contribution in [0.1, 0.15) is 40.2 Å². The Labute approximate surface area is 112 Å². The lowest BCUT2D eigenvalue weighted by molar-refractivity contribution is 0.295. The smallest absolute Gasteiger partial charge is 0.0402 e. The molecule has 0 N–H and O–H groups in total. The number of hydrogen-bond donors (Lipinski definition) is 0. The van der Waals surface area contributed by atoms with Crippen LogP contribution in [0.2, 0.25) is 0 Å². The largest absolute Gasteiger partial charge is 0.368 e. The van der Waals surface area contributed by atoms with Gasteiger partial charge in [0.25, 0.3) is 0 Å². The molecule has 1 nitrogen and oxygen atoms in total. The number of para-hydroxylation sites is 1. The third kappa shape index (κ3) is 2.55. The lowest BCUT2D eigenvalue weighted by Gasteiger charge is -2.32. The minimum absolute atomic E-state index is 0.657. The summed E-state index contributed by atoms with van der Waals surface area (Å²) in [5, 5.41) is 0. The molecule has 0 fully saturated rings. The molecule has 0 amide bonds. The fourth-order valence-corrected chi connectivity index (χ4v) is 3.04. The van der Waals surface area contributed by atoms with Gasteiger partial charge in [-0.1, -0.05) is 45.9 Å². The van der Waals surface area contributed by atoms with Gasteiger partial charge < -0.3 is 4.90 Å². The maximum absolute atomic E-state index is 2.61. The summed E-state index contributed by atoms with van der Waals surface area (Å²) in [5.41, 5.74) is 2.99.